The molecule has 2 aromatic carbocycles. The van der Waals surface area contributed by atoms with Gasteiger partial charge in [-0.05, 0) is 48.0 Å². The monoisotopic (exact) mass is 376 g/mol. The number of rotatable bonds is 4. The van der Waals surface area contributed by atoms with Gasteiger partial charge in [0.2, 0.25) is 0 Å². The fourth-order valence-electron chi connectivity index (χ4n) is 2.77. The number of para-hydroxylation sites is 1. The number of hydrogen-bond acceptors (Lipinski definition) is 6. The van der Waals surface area contributed by atoms with Gasteiger partial charge in [-0.15, -0.1) is 16.4 Å². The molecule has 1 amide bonds. The molecule has 0 unspecified atom stereocenters. The van der Waals surface area contributed by atoms with Crippen LogP contribution in [0, 0.1) is 13.8 Å². The third kappa shape index (κ3) is 3.47. The van der Waals surface area contributed by atoms with Crippen molar-refractivity contribution >= 4 is 22.4 Å². The summed E-state index contributed by atoms with van der Waals surface area (Å²) in [6.45, 7) is 4.10. The van der Waals surface area contributed by atoms with Crippen LogP contribution in [0.2, 0.25) is 0 Å². The minimum atomic E-state index is -0.261. The fraction of sp³-hybridized carbons (Fsp3) is 0.105. The summed E-state index contributed by atoms with van der Waals surface area (Å²) >= 11 is 1.40. The number of benzene rings is 2. The third-order valence-corrected chi connectivity index (χ3v) is 4.90. The molecule has 0 aliphatic rings. The molecule has 2 heterocycles. The van der Waals surface area contributed by atoms with Crippen LogP contribution in [-0.4, -0.2) is 31.1 Å². The molecular formula is C19H16N6OS. The molecule has 0 radical (unpaired) electrons. The van der Waals surface area contributed by atoms with Crippen molar-refractivity contribution in [1.82, 2.24) is 25.2 Å². The molecule has 0 aliphatic carbocycles. The Bertz CT molecular complexity index is 1100. The average Bonchev–Trinajstić information content (AvgIpc) is 3.36. The predicted octanol–water partition coefficient (Wildman–Crippen LogP) is 3.65. The first kappa shape index (κ1) is 17.0. The summed E-state index contributed by atoms with van der Waals surface area (Å²) in [5.41, 5.74) is 5.31. The van der Waals surface area contributed by atoms with E-state index in [9.17, 15) is 4.79 Å². The van der Waals surface area contributed by atoms with Crippen molar-refractivity contribution in [1.29, 1.82) is 0 Å². The number of aromatic nitrogens is 5. The maximum Gasteiger partial charge on any atom is 0.259 e. The van der Waals surface area contributed by atoms with E-state index in [0.717, 1.165) is 16.8 Å². The molecule has 8 heteroatoms. The van der Waals surface area contributed by atoms with Gasteiger partial charge >= 0.3 is 0 Å². The van der Waals surface area contributed by atoms with Crippen molar-refractivity contribution < 1.29 is 4.79 Å². The molecule has 0 spiro atoms. The Morgan fingerprint density at radius 3 is 2.81 bits per heavy atom. The summed E-state index contributed by atoms with van der Waals surface area (Å²) in [5.74, 6) is -0.261. The maximum atomic E-state index is 12.8. The van der Waals surface area contributed by atoms with Gasteiger partial charge in [-0.1, -0.05) is 29.8 Å². The van der Waals surface area contributed by atoms with Crippen molar-refractivity contribution in [2.75, 3.05) is 5.32 Å². The summed E-state index contributed by atoms with van der Waals surface area (Å²) in [6.07, 6.45) is 1.45. The maximum absolute atomic E-state index is 12.8. The standard InChI is InChI=1S/C19H16N6OS/c1-12-7-8-13(2)15(9-12)16-10-27-19(21-16)22-18(26)14-5-3-4-6-17(14)25-11-20-23-24-25/h3-11H,1-2H3,(H,21,22,26). The van der Waals surface area contributed by atoms with Crippen LogP contribution in [0.3, 0.4) is 0 Å². The summed E-state index contributed by atoms with van der Waals surface area (Å²) in [6, 6.07) is 13.4. The Balaban J connectivity index is 1.60. The van der Waals surface area contributed by atoms with Gasteiger partial charge in [0.1, 0.15) is 6.33 Å². The molecule has 4 rings (SSSR count). The second-order valence-electron chi connectivity index (χ2n) is 6.08. The number of carbonyl (C=O) groups excluding carboxylic acids is 1. The molecule has 134 valence electrons. The molecule has 0 aliphatic heterocycles. The molecule has 0 saturated carbocycles. The first-order valence-corrected chi connectivity index (χ1v) is 9.16. The number of aryl methyl sites for hydroxylation is 2. The summed E-state index contributed by atoms with van der Waals surface area (Å²) in [7, 11) is 0. The van der Waals surface area contributed by atoms with Crippen molar-refractivity contribution in [3.63, 3.8) is 0 Å². The first-order chi connectivity index (χ1) is 13.1. The number of nitrogens with zero attached hydrogens (tertiary/aromatic N) is 5. The van der Waals surface area contributed by atoms with Gasteiger partial charge in [-0.2, -0.15) is 4.68 Å². The van der Waals surface area contributed by atoms with E-state index in [-0.39, 0.29) is 5.91 Å². The SMILES string of the molecule is Cc1ccc(C)c(-c2csc(NC(=O)c3ccccc3-n3cnnn3)n2)c1. The van der Waals surface area contributed by atoms with Crippen LogP contribution in [0.4, 0.5) is 5.13 Å². The lowest BCUT2D eigenvalue weighted by molar-refractivity contribution is 0.102. The smallest absolute Gasteiger partial charge is 0.259 e. The zero-order valence-electron chi connectivity index (χ0n) is 14.7. The molecular weight excluding hydrogens is 360 g/mol. The second-order valence-corrected chi connectivity index (χ2v) is 6.94. The molecule has 27 heavy (non-hydrogen) atoms. The van der Waals surface area contributed by atoms with E-state index < -0.39 is 0 Å². The van der Waals surface area contributed by atoms with E-state index in [0.29, 0.717) is 16.4 Å². The normalized spacial score (nSPS) is 10.7. The van der Waals surface area contributed by atoms with Gasteiger partial charge in [0.15, 0.2) is 5.13 Å². The summed E-state index contributed by atoms with van der Waals surface area (Å²) < 4.78 is 1.46. The number of amides is 1. The van der Waals surface area contributed by atoms with E-state index >= 15 is 0 Å². The lowest BCUT2D eigenvalue weighted by atomic mass is 10.0. The van der Waals surface area contributed by atoms with E-state index in [2.05, 4.69) is 50.9 Å². The van der Waals surface area contributed by atoms with Crippen LogP contribution in [0.15, 0.2) is 54.2 Å². The molecule has 4 aromatic rings. The third-order valence-electron chi connectivity index (χ3n) is 4.14. The van der Waals surface area contributed by atoms with Crippen molar-refractivity contribution in [2.45, 2.75) is 13.8 Å². The highest BCUT2D eigenvalue weighted by atomic mass is 32.1. The van der Waals surface area contributed by atoms with Crippen LogP contribution in [0.5, 0.6) is 0 Å². The summed E-state index contributed by atoms with van der Waals surface area (Å²) in [5, 5.41) is 16.5. The van der Waals surface area contributed by atoms with Crippen LogP contribution in [0.25, 0.3) is 16.9 Å². The van der Waals surface area contributed by atoms with Crippen LogP contribution in [0.1, 0.15) is 21.5 Å². The Hall–Kier alpha value is -3.39. The summed E-state index contributed by atoms with van der Waals surface area (Å²) in [4.78, 5) is 17.4. The number of thiazole rings is 1. The number of anilines is 1. The minimum Gasteiger partial charge on any atom is -0.298 e. The predicted molar refractivity (Wildman–Crippen MR) is 104 cm³/mol. The lowest BCUT2D eigenvalue weighted by Gasteiger charge is -2.07. The molecule has 7 nitrogen and oxygen atoms in total. The number of carbonyl (C=O) groups is 1. The number of hydrogen-bond donors (Lipinski definition) is 1. The lowest BCUT2D eigenvalue weighted by Crippen LogP contribution is -2.15. The van der Waals surface area contributed by atoms with Gasteiger partial charge in [-0.25, -0.2) is 4.98 Å². The zero-order chi connectivity index (χ0) is 18.8. The quantitative estimate of drug-likeness (QED) is 0.587. The Kier molecular flexibility index (Phi) is 4.47. The van der Waals surface area contributed by atoms with Gasteiger partial charge in [0.05, 0.1) is 16.9 Å². The highest BCUT2D eigenvalue weighted by molar-refractivity contribution is 7.14. The molecule has 2 aromatic heterocycles. The van der Waals surface area contributed by atoms with E-state index in [1.807, 2.05) is 18.4 Å². The van der Waals surface area contributed by atoms with Gasteiger partial charge in [0.25, 0.3) is 5.91 Å². The van der Waals surface area contributed by atoms with E-state index in [1.165, 1.54) is 27.9 Å². The Morgan fingerprint density at radius 2 is 2.00 bits per heavy atom. The van der Waals surface area contributed by atoms with Crippen molar-refractivity contribution in [3.05, 3.63) is 70.9 Å². The first-order valence-electron chi connectivity index (χ1n) is 8.29. The van der Waals surface area contributed by atoms with Gasteiger partial charge < -0.3 is 0 Å². The Labute approximate surface area is 159 Å². The molecule has 0 atom stereocenters. The van der Waals surface area contributed by atoms with E-state index in [4.69, 9.17) is 0 Å². The topological polar surface area (TPSA) is 85.6 Å². The van der Waals surface area contributed by atoms with Crippen molar-refractivity contribution in [2.24, 2.45) is 0 Å². The van der Waals surface area contributed by atoms with Gasteiger partial charge in [0, 0.05) is 10.9 Å². The van der Waals surface area contributed by atoms with Crippen molar-refractivity contribution in [3.8, 4) is 16.9 Å². The molecule has 0 saturated heterocycles. The van der Waals surface area contributed by atoms with Crippen LogP contribution in [-0.2, 0) is 0 Å². The molecule has 0 fully saturated rings. The molecule has 1 N–H and O–H groups in total. The minimum absolute atomic E-state index is 0.261. The zero-order valence-corrected chi connectivity index (χ0v) is 15.6. The number of nitrogens with one attached hydrogen (secondary N) is 1. The second kappa shape index (κ2) is 7.08. The number of tetrazole rings is 1. The van der Waals surface area contributed by atoms with Crippen LogP contribution >= 0.6 is 11.3 Å². The highest BCUT2D eigenvalue weighted by Crippen LogP contribution is 2.28. The Morgan fingerprint density at radius 1 is 1.15 bits per heavy atom. The largest absolute Gasteiger partial charge is 0.298 e. The van der Waals surface area contributed by atoms with Crippen LogP contribution < -0.4 is 5.32 Å². The molecule has 0 bridgehead atoms. The van der Waals surface area contributed by atoms with E-state index in [1.54, 1.807) is 18.2 Å². The average molecular weight is 376 g/mol. The fourth-order valence-corrected chi connectivity index (χ4v) is 3.47. The van der Waals surface area contributed by atoms with Gasteiger partial charge in [-0.3, -0.25) is 10.1 Å². The highest BCUT2D eigenvalue weighted by Gasteiger charge is 2.15.